The van der Waals surface area contributed by atoms with Crippen LogP contribution in [0.1, 0.15) is 38.1 Å². The Kier molecular flexibility index (Phi) is 3.16. The summed E-state index contributed by atoms with van der Waals surface area (Å²) < 4.78 is 5.34. The van der Waals surface area contributed by atoms with E-state index in [0.717, 1.165) is 17.2 Å². The molecule has 6 heteroatoms. The molecule has 1 amide bonds. The highest BCUT2D eigenvalue weighted by Crippen LogP contribution is 2.44. The molecule has 6 nitrogen and oxygen atoms in total. The number of anilines is 1. The zero-order valence-electron chi connectivity index (χ0n) is 13.1. The molecule has 0 aromatic carbocycles. The number of aromatic nitrogens is 2. The van der Waals surface area contributed by atoms with Crippen molar-refractivity contribution in [2.75, 3.05) is 32.2 Å². The lowest BCUT2D eigenvalue weighted by molar-refractivity contribution is -0.144. The number of carbonyl (C=O) groups excluding carboxylic acids is 1. The van der Waals surface area contributed by atoms with Gasteiger partial charge in [0.25, 0.3) is 0 Å². The molecule has 2 aliphatic rings. The smallest absolute Gasteiger partial charge is 0.233 e. The van der Waals surface area contributed by atoms with Crippen molar-refractivity contribution in [2.24, 2.45) is 0 Å². The molecule has 0 radical (unpaired) electrons. The Hall–Kier alpha value is -1.69. The molecule has 1 aromatic heterocycles. The molecule has 21 heavy (non-hydrogen) atoms. The molecule has 0 saturated carbocycles. The van der Waals surface area contributed by atoms with Crippen LogP contribution in [0.25, 0.3) is 0 Å². The summed E-state index contributed by atoms with van der Waals surface area (Å²) in [7, 11) is 3.86. The van der Waals surface area contributed by atoms with E-state index in [1.54, 1.807) is 6.20 Å². The van der Waals surface area contributed by atoms with Crippen molar-refractivity contribution in [3.8, 4) is 0 Å². The van der Waals surface area contributed by atoms with E-state index in [4.69, 9.17) is 9.72 Å². The van der Waals surface area contributed by atoms with Crippen LogP contribution in [0.2, 0.25) is 0 Å². The monoisotopic (exact) mass is 290 g/mol. The molecule has 0 aliphatic carbocycles. The summed E-state index contributed by atoms with van der Waals surface area (Å²) in [5.41, 5.74) is 0.640. The van der Waals surface area contributed by atoms with Crippen molar-refractivity contribution in [3.05, 3.63) is 17.6 Å². The number of fused-ring (bicyclic) bond motifs is 2. The summed E-state index contributed by atoms with van der Waals surface area (Å²) in [6.45, 7) is 5.02. The van der Waals surface area contributed by atoms with E-state index in [1.165, 1.54) is 0 Å². The van der Waals surface area contributed by atoms with E-state index in [2.05, 4.69) is 10.3 Å². The van der Waals surface area contributed by atoms with Gasteiger partial charge in [-0.05, 0) is 12.8 Å². The summed E-state index contributed by atoms with van der Waals surface area (Å²) in [6.07, 6.45) is 3.20. The zero-order valence-corrected chi connectivity index (χ0v) is 13.1. The summed E-state index contributed by atoms with van der Waals surface area (Å²) in [5, 5.41) is 3.15. The van der Waals surface area contributed by atoms with E-state index in [-0.39, 0.29) is 5.91 Å². The van der Waals surface area contributed by atoms with E-state index in [0.29, 0.717) is 26.1 Å². The first-order valence-electron chi connectivity index (χ1n) is 7.45. The minimum absolute atomic E-state index is 0.0495. The molecule has 3 rings (SSSR count). The fourth-order valence-corrected chi connectivity index (χ4v) is 3.20. The van der Waals surface area contributed by atoms with Crippen molar-refractivity contribution in [1.29, 1.82) is 0 Å². The average Bonchev–Trinajstić information content (AvgIpc) is 2.44. The molecule has 114 valence electrons. The molecule has 0 bridgehead atoms. The standard InChI is InChI=1S/C15H22N4O2/c1-5-14(6-2)11-12(16-7-10(17-11)19(3)4)15(8-21-9-15)18-13(14)20/h7H,5-6,8-9H2,1-4H3,(H,18,20). The number of carbonyl (C=O) groups is 1. The van der Waals surface area contributed by atoms with E-state index < -0.39 is 11.0 Å². The number of amides is 1. The molecule has 0 unspecified atom stereocenters. The Morgan fingerprint density at radius 2 is 1.95 bits per heavy atom. The largest absolute Gasteiger partial charge is 0.376 e. The van der Waals surface area contributed by atoms with Gasteiger partial charge in [0.2, 0.25) is 5.91 Å². The fourth-order valence-electron chi connectivity index (χ4n) is 3.20. The predicted molar refractivity (Wildman–Crippen MR) is 79.3 cm³/mol. The molecule has 1 saturated heterocycles. The minimum atomic E-state index is -0.588. The van der Waals surface area contributed by atoms with Crippen LogP contribution < -0.4 is 10.2 Å². The number of hydrogen-bond acceptors (Lipinski definition) is 5. The van der Waals surface area contributed by atoms with Gasteiger partial charge in [-0.2, -0.15) is 0 Å². The van der Waals surface area contributed by atoms with Crippen LogP contribution in [0.4, 0.5) is 5.82 Å². The molecular formula is C15H22N4O2. The van der Waals surface area contributed by atoms with Crippen molar-refractivity contribution in [1.82, 2.24) is 15.3 Å². The first-order chi connectivity index (χ1) is 9.99. The maximum Gasteiger partial charge on any atom is 0.233 e. The van der Waals surface area contributed by atoms with Gasteiger partial charge in [-0.3, -0.25) is 9.78 Å². The van der Waals surface area contributed by atoms with Crippen LogP contribution in [0.5, 0.6) is 0 Å². The average molecular weight is 290 g/mol. The van der Waals surface area contributed by atoms with E-state index in [9.17, 15) is 4.79 Å². The first kappa shape index (κ1) is 14.3. The van der Waals surface area contributed by atoms with Gasteiger partial charge in [0, 0.05) is 14.1 Å². The highest BCUT2D eigenvalue weighted by Gasteiger charge is 2.56. The number of rotatable bonds is 3. The molecule has 1 spiro atoms. The minimum Gasteiger partial charge on any atom is -0.376 e. The lowest BCUT2D eigenvalue weighted by atomic mass is 9.70. The lowest BCUT2D eigenvalue weighted by Gasteiger charge is -2.49. The number of nitrogens with zero attached hydrogens (tertiary/aromatic N) is 3. The van der Waals surface area contributed by atoms with Crippen molar-refractivity contribution in [3.63, 3.8) is 0 Å². The van der Waals surface area contributed by atoms with Crippen molar-refractivity contribution in [2.45, 2.75) is 37.6 Å². The number of nitrogens with one attached hydrogen (secondary N) is 1. The Morgan fingerprint density at radius 3 is 2.43 bits per heavy atom. The van der Waals surface area contributed by atoms with Gasteiger partial charge in [-0.25, -0.2) is 4.98 Å². The second-order valence-electron chi connectivity index (χ2n) is 6.14. The summed E-state index contributed by atoms with van der Waals surface area (Å²) in [4.78, 5) is 24.1. The Bertz CT molecular complexity index is 577. The maximum atomic E-state index is 12.8. The van der Waals surface area contributed by atoms with Crippen LogP contribution in [0, 0.1) is 0 Å². The second-order valence-corrected chi connectivity index (χ2v) is 6.14. The van der Waals surface area contributed by atoms with Gasteiger partial charge < -0.3 is 15.0 Å². The van der Waals surface area contributed by atoms with Gasteiger partial charge in [0.1, 0.15) is 11.4 Å². The molecule has 1 aromatic rings. The fraction of sp³-hybridized carbons (Fsp3) is 0.667. The van der Waals surface area contributed by atoms with Crippen LogP contribution in [-0.4, -0.2) is 43.2 Å². The normalized spacial score (nSPS) is 21.4. The van der Waals surface area contributed by atoms with Gasteiger partial charge in [0.15, 0.2) is 0 Å². The third kappa shape index (κ3) is 1.78. The highest BCUT2D eigenvalue weighted by molar-refractivity contribution is 5.91. The van der Waals surface area contributed by atoms with Gasteiger partial charge in [-0.15, -0.1) is 0 Å². The van der Waals surface area contributed by atoms with Crippen LogP contribution in [0.3, 0.4) is 0 Å². The topological polar surface area (TPSA) is 67.3 Å². The highest BCUT2D eigenvalue weighted by atomic mass is 16.5. The van der Waals surface area contributed by atoms with Crippen LogP contribution >= 0.6 is 0 Å². The van der Waals surface area contributed by atoms with Gasteiger partial charge >= 0.3 is 0 Å². The molecular weight excluding hydrogens is 268 g/mol. The molecule has 1 N–H and O–H groups in total. The van der Waals surface area contributed by atoms with Gasteiger partial charge in [-0.1, -0.05) is 13.8 Å². The van der Waals surface area contributed by atoms with Crippen molar-refractivity contribution >= 4 is 11.7 Å². The Labute approximate surface area is 124 Å². The maximum absolute atomic E-state index is 12.8. The van der Waals surface area contributed by atoms with Crippen LogP contribution in [0.15, 0.2) is 6.20 Å². The SMILES string of the molecule is CCC1(CC)C(=O)NC2(COC2)c2ncc(N(C)C)nc21. The Balaban J connectivity index is 2.23. The number of ether oxygens (including phenoxy) is 1. The molecule has 0 atom stereocenters. The molecule has 1 fully saturated rings. The van der Waals surface area contributed by atoms with Crippen LogP contribution in [-0.2, 0) is 20.5 Å². The third-order valence-corrected chi connectivity index (χ3v) is 4.82. The Morgan fingerprint density at radius 1 is 1.29 bits per heavy atom. The van der Waals surface area contributed by atoms with Crippen molar-refractivity contribution < 1.29 is 9.53 Å². The first-order valence-corrected chi connectivity index (χ1v) is 7.45. The van der Waals surface area contributed by atoms with E-state index >= 15 is 0 Å². The second kappa shape index (κ2) is 4.66. The molecule has 3 heterocycles. The van der Waals surface area contributed by atoms with E-state index in [1.807, 2.05) is 32.8 Å². The zero-order chi connectivity index (χ0) is 15.3. The number of hydrogen-bond donors (Lipinski definition) is 1. The quantitative estimate of drug-likeness (QED) is 0.898. The third-order valence-electron chi connectivity index (χ3n) is 4.82. The predicted octanol–water partition coefficient (Wildman–Crippen LogP) is 0.956. The summed E-state index contributed by atoms with van der Waals surface area (Å²) in [6, 6.07) is 0. The summed E-state index contributed by atoms with van der Waals surface area (Å²) in [5.74, 6) is 0.832. The lowest BCUT2D eigenvalue weighted by Crippen LogP contribution is -2.67. The summed E-state index contributed by atoms with van der Waals surface area (Å²) >= 11 is 0. The molecule has 2 aliphatic heterocycles. The van der Waals surface area contributed by atoms with Gasteiger partial charge in [0.05, 0.1) is 36.2 Å².